The Morgan fingerprint density at radius 3 is 2.41 bits per heavy atom. The number of benzene rings is 2. The van der Waals surface area contributed by atoms with Crippen LogP contribution in [-0.2, 0) is 11.2 Å². The van der Waals surface area contributed by atoms with Gasteiger partial charge in [0.05, 0.1) is 25.5 Å². The van der Waals surface area contributed by atoms with Crippen LogP contribution in [0, 0.1) is 5.82 Å². The maximum absolute atomic E-state index is 13.0. The molecule has 0 atom stereocenters. The third kappa shape index (κ3) is 5.11. The number of hydrogen-bond donors (Lipinski definition) is 2. The van der Waals surface area contributed by atoms with Gasteiger partial charge in [0.15, 0.2) is 0 Å². The molecule has 8 heteroatoms. The van der Waals surface area contributed by atoms with Crippen molar-refractivity contribution in [1.29, 1.82) is 0 Å². The summed E-state index contributed by atoms with van der Waals surface area (Å²) in [6, 6.07) is 14.6. The maximum Gasteiger partial charge on any atom is 0.279 e. The third-order valence-electron chi connectivity index (χ3n) is 4.12. The van der Waals surface area contributed by atoms with E-state index in [-0.39, 0.29) is 12.2 Å². The molecule has 0 spiro atoms. The summed E-state index contributed by atoms with van der Waals surface area (Å²) in [7, 11) is 3.05. The quantitative estimate of drug-likeness (QED) is 0.605. The zero-order chi connectivity index (χ0) is 20.8. The summed E-state index contributed by atoms with van der Waals surface area (Å²) in [4.78, 5) is 25.7. The molecule has 0 fully saturated rings. The number of hydrazine groups is 1. The van der Waals surface area contributed by atoms with Crippen molar-refractivity contribution in [2.75, 3.05) is 14.2 Å². The van der Waals surface area contributed by atoms with Crippen molar-refractivity contribution in [3.63, 3.8) is 0 Å². The Morgan fingerprint density at radius 2 is 1.72 bits per heavy atom. The number of carbonyl (C=O) groups excluding carboxylic acids is 2. The topological polar surface area (TPSA) is 76.7 Å². The predicted molar refractivity (Wildman–Crippen MR) is 109 cm³/mol. The van der Waals surface area contributed by atoms with E-state index in [1.54, 1.807) is 49.6 Å². The smallest absolute Gasteiger partial charge is 0.279 e. The van der Waals surface area contributed by atoms with Crippen LogP contribution in [0.15, 0.2) is 54.6 Å². The van der Waals surface area contributed by atoms with E-state index in [1.165, 1.54) is 30.6 Å². The minimum Gasteiger partial charge on any atom is -0.497 e. The Labute approximate surface area is 171 Å². The number of carbonyl (C=O) groups is 2. The summed E-state index contributed by atoms with van der Waals surface area (Å²) in [5, 5.41) is 0. The van der Waals surface area contributed by atoms with Crippen LogP contribution in [0.25, 0.3) is 10.4 Å². The lowest BCUT2D eigenvalue weighted by molar-refractivity contribution is -0.121. The highest BCUT2D eigenvalue weighted by Gasteiger charge is 2.13. The zero-order valence-corrected chi connectivity index (χ0v) is 16.6. The molecular formula is C21H19FN2O4S. The highest BCUT2D eigenvalue weighted by Crippen LogP contribution is 2.28. The van der Waals surface area contributed by atoms with Crippen LogP contribution in [0.5, 0.6) is 11.5 Å². The number of hydrogen-bond acceptors (Lipinski definition) is 5. The molecule has 2 amide bonds. The number of nitrogens with one attached hydrogen (secondary N) is 2. The minimum atomic E-state index is -0.432. The molecule has 2 N–H and O–H groups in total. The first-order chi connectivity index (χ1) is 14.0. The largest absolute Gasteiger partial charge is 0.497 e. The second-order valence-electron chi connectivity index (χ2n) is 6.03. The van der Waals surface area contributed by atoms with Gasteiger partial charge in [-0.1, -0.05) is 18.2 Å². The summed E-state index contributed by atoms with van der Waals surface area (Å²) in [6.45, 7) is 0. The van der Waals surface area contributed by atoms with E-state index in [4.69, 9.17) is 9.47 Å². The zero-order valence-electron chi connectivity index (χ0n) is 15.8. The summed E-state index contributed by atoms with van der Waals surface area (Å²) < 4.78 is 23.4. The molecule has 0 saturated carbocycles. The van der Waals surface area contributed by atoms with E-state index in [2.05, 4.69) is 10.9 Å². The van der Waals surface area contributed by atoms with Gasteiger partial charge in [0.1, 0.15) is 17.3 Å². The van der Waals surface area contributed by atoms with Crippen LogP contribution >= 0.6 is 11.3 Å². The first-order valence-electron chi connectivity index (χ1n) is 8.66. The van der Waals surface area contributed by atoms with E-state index in [1.807, 2.05) is 0 Å². The first-order valence-corrected chi connectivity index (χ1v) is 9.47. The molecule has 1 aromatic heterocycles. The molecule has 3 rings (SSSR count). The monoisotopic (exact) mass is 414 g/mol. The maximum atomic E-state index is 13.0. The Bertz CT molecular complexity index is 1020. The van der Waals surface area contributed by atoms with Crippen LogP contribution in [0.1, 0.15) is 15.2 Å². The molecular weight excluding hydrogens is 395 g/mol. The van der Waals surface area contributed by atoms with Crippen molar-refractivity contribution in [2.45, 2.75) is 6.42 Å². The van der Waals surface area contributed by atoms with Gasteiger partial charge in [-0.25, -0.2) is 4.39 Å². The molecule has 0 aliphatic carbocycles. The van der Waals surface area contributed by atoms with E-state index < -0.39 is 11.8 Å². The fraction of sp³-hybridized carbons (Fsp3) is 0.143. The number of thiophene rings is 1. The van der Waals surface area contributed by atoms with Gasteiger partial charge in [-0.15, -0.1) is 11.3 Å². The highest BCUT2D eigenvalue weighted by atomic mass is 32.1. The van der Waals surface area contributed by atoms with Gasteiger partial charge in [-0.3, -0.25) is 20.4 Å². The number of rotatable bonds is 6. The van der Waals surface area contributed by atoms with Crippen LogP contribution in [0.2, 0.25) is 0 Å². The summed E-state index contributed by atoms with van der Waals surface area (Å²) >= 11 is 1.25. The summed E-state index contributed by atoms with van der Waals surface area (Å²) in [6.07, 6.45) is 0.0265. The minimum absolute atomic E-state index is 0.0265. The Hall–Kier alpha value is -3.39. The van der Waals surface area contributed by atoms with Crippen LogP contribution in [-0.4, -0.2) is 26.0 Å². The molecule has 0 bridgehead atoms. The number of halogens is 1. The van der Waals surface area contributed by atoms with E-state index in [0.29, 0.717) is 21.9 Å². The second-order valence-corrected chi connectivity index (χ2v) is 7.11. The highest BCUT2D eigenvalue weighted by molar-refractivity contribution is 7.17. The Balaban J connectivity index is 1.58. The van der Waals surface area contributed by atoms with Gasteiger partial charge in [0, 0.05) is 16.5 Å². The molecule has 0 unspecified atom stereocenters. The molecule has 1 heterocycles. The molecule has 0 aliphatic rings. The SMILES string of the molecule is COc1ccc(CC(=O)NNC(=O)c2ccc(-c3ccc(F)cc3)s2)c(OC)c1. The first kappa shape index (κ1) is 20.3. The van der Waals surface area contributed by atoms with Gasteiger partial charge in [0.25, 0.3) is 5.91 Å². The molecule has 150 valence electrons. The fourth-order valence-electron chi connectivity index (χ4n) is 2.63. The van der Waals surface area contributed by atoms with Gasteiger partial charge >= 0.3 is 0 Å². The Morgan fingerprint density at radius 1 is 0.966 bits per heavy atom. The van der Waals surface area contributed by atoms with Crippen LogP contribution < -0.4 is 20.3 Å². The molecule has 0 aliphatic heterocycles. The summed E-state index contributed by atoms with van der Waals surface area (Å²) in [5.41, 5.74) is 6.27. The second kappa shape index (κ2) is 9.20. The predicted octanol–water partition coefficient (Wildman–Crippen LogP) is 3.58. The van der Waals surface area contributed by atoms with Crippen molar-refractivity contribution in [3.8, 4) is 21.9 Å². The summed E-state index contributed by atoms with van der Waals surface area (Å²) in [5.74, 6) is -0.00278. The van der Waals surface area contributed by atoms with E-state index in [9.17, 15) is 14.0 Å². The van der Waals surface area contributed by atoms with Crippen LogP contribution in [0.3, 0.4) is 0 Å². The van der Waals surface area contributed by atoms with Crippen molar-refractivity contribution >= 4 is 23.2 Å². The standard InChI is InChI=1S/C21H19FN2O4S/c1-27-16-8-5-14(17(12-16)28-2)11-20(25)23-24-21(26)19-10-9-18(29-19)13-3-6-15(22)7-4-13/h3-10,12H,11H2,1-2H3,(H,23,25)(H,24,26). The lowest BCUT2D eigenvalue weighted by atomic mass is 10.1. The fourth-order valence-corrected chi connectivity index (χ4v) is 3.54. The molecule has 29 heavy (non-hydrogen) atoms. The van der Waals surface area contributed by atoms with Gasteiger partial charge < -0.3 is 9.47 Å². The van der Waals surface area contributed by atoms with Crippen LogP contribution in [0.4, 0.5) is 4.39 Å². The Kier molecular flexibility index (Phi) is 6.46. The molecule has 6 nitrogen and oxygen atoms in total. The van der Waals surface area contributed by atoms with Crippen molar-refractivity contribution < 1.29 is 23.5 Å². The normalized spacial score (nSPS) is 10.3. The van der Waals surface area contributed by atoms with E-state index >= 15 is 0 Å². The molecule has 2 aromatic carbocycles. The number of methoxy groups -OCH3 is 2. The molecule has 0 saturated heterocycles. The van der Waals surface area contributed by atoms with Gasteiger partial charge in [0.2, 0.25) is 5.91 Å². The number of ether oxygens (including phenoxy) is 2. The number of amides is 2. The van der Waals surface area contributed by atoms with Crippen molar-refractivity contribution in [1.82, 2.24) is 10.9 Å². The average molecular weight is 414 g/mol. The third-order valence-corrected chi connectivity index (χ3v) is 5.25. The van der Waals surface area contributed by atoms with Gasteiger partial charge in [-0.05, 0) is 35.9 Å². The molecule has 0 radical (unpaired) electrons. The van der Waals surface area contributed by atoms with Crippen molar-refractivity contribution in [3.05, 3.63) is 70.9 Å². The van der Waals surface area contributed by atoms with Crippen molar-refractivity contribution in [2.24, 2.45) is 0 Å². The van der Waals surface area contributed by atoms with Gasteiger partial charge in [-0.2, -0.15) is 0 Å². The van der Waals surface area contributed by atoms with E-state index in [0.717, 1.165) is 10.4 Å². The lowest BCUT2D eigenvalue weighted by Crippen LogP contribution is -2.42. The molecule has 3 aromatic rings. The lowest BCUT2D eigenvalue weighted by Gasteiger charge is -2.11. The average Bonchev–Trinajstić information content (AvgIpc) is 3.23.